The van der Waals surface area contributed by atoms with Crippen LogP contribution in [0.3, 0.4) is 0 Å². The molecule has 0 bridgehead atoms. The van der Waals surface area contributed by atoms with Crippen molar-refractivity contribution in [1.29, 1.82) is 0 Å². The van der Waals surface area contributed by atoms with E-state index in [-0.39, 0.29) is 17.9 Å². The summed E-state index contributed by atoms with van der Waals surface area (Å²) in [6, 6.07) is 8.14. The number of ether oxygens (including phenoxy) is 1. The number of piperidine rings is 1. The lowest BCUT2D eigenvalue weighted by molar-refractivity contribution is -0.145. The van der Waals surface area contributed by atoms with Crippen LogP contribution >= 0.6 is 0 Å². The highest BCUT2D eigenvalue weighted by Gasteiger charge is 2.27. The summed E-state index contributed by atoms with van der Waals surface area (Å²) >= 11 is 0. The molecule has 1 amide bonds. The Labute approximate surface area is 149 Å². The number of aliphatic carboxylic acids is 1. The van der Waals surface area contributed by atoms with Gasteiger partial charge in [-0.05, 0) is 44.5 Å². The lowest BCUT2D eigenvalue weighted by Crippen LogP contribution is -2.41. The predicted octanol–water partition coefficient (Wildman–Crippen LogP) is 2.40. The van der Waals surface area contributed by atoms with Gasteiger partial charge in [0.2, 0.25) is 5.91 Å². The molecule has 1 heterocycles. The van der Waals surface area contributed by atoms with Crippen molar-refractivity contribution in [3.05, 3.63) is 29.8 Å². The molecular formula is C19H28N2O4. The maximum absolute atomic E-state index is 12.4. The average Bonchev–Trinajstić information content (AvgIpc) is 2.65. The monoisotopic (exact) mass is 348 g/mol. The van der Waals surface area contributed by atoms with Crippen LogP contribution in [0.1, 0.15) is 37.8 Å². The Kier molecular flexibility index (Phi) is 6.82. The van der Waals surface area contributed by atoms with E-state index >= 15 is 0 Å². The third kappa shape index (κ3) is 5.19. The lowest BCUT2D eigenvalue weighted by Gasteiger charge is -2.31. The molecular weight excluding hydrogens is 320 g/mol. The van der Waals surface area contributed by atoms with Crippen LogP contribution < -0.4 is 4.74 Å². The lowest BCUT2D eigenvalue weighted by atomic mass is 9.97. The summed E-state index contributed by atoms with van der Waals surface area (Å²) in [6.45, 7) is 3.86. The summed E-state index contributed by atoms with van der Waals surface area (Å²) in [6.07, 6.45) is 1.55. The first-order chi connectivity index (χ1) is 11.9. The van der Waals surface area contributed by atoms with E-state index in [9.17, 15) is 9.59 Å². The van der Waals surface area contributed by atoms with Crippen molar-refractivity contribution in [3.8, 4) is 5.75 Å². The first-order valence-corrected chi connectivity index (χ1v) is 8.77. The quantitative estimate of drug-likeness (QED) is 0.819. The zero-order chi connectivity index (χ0) is 18.4. The number of carboxylic acids is 1. The molecule has 0 aliphatic carbocycles. The van der Waals surface area contributed by atoms with Crippen molar-refractivity contribution in [2.45, 2.75) is 32.2 Å². The van der Waals surface area contributed by atoms with E-state index in [1.807, 2.05) is 25.2 Å². The molecule has 0 radical (unpaired) electrons. The maximum Gasteiger partial charge on any atom is 0.306 e. The fraction of sp³-hybridized carbons (Fsp3) is 0.579. The highest BCUT2D eigenvalue weighted by molar-refractivity contribution is 5.77. The number of hydrogen-bond donors (Lipinski definition) is 1. The van der Waals surface area contributed by atoms with Gasteiger partial charge in [0.1, 0.15) is 5.75 Å². The number of hydrogen-bond acceptors (Lipinski definition) is 4. The molecule has 1 unspecified atom stereocenters. The van der Waals surface area contributed by atoms with Crippen LogP contribution in [0.2, 0.25) is 0 Å². The zero-order valence-corrected chi connectivity index (χ0v) is 15.3. The molecule has 0 spiro atoms. The number of rotatable bonds is 7. The van der Waals surface area contributed by atoms with Gasteiger partial charge >= 0.3 is 5.97 Å². The first kappa shape index (κ1) is 19.2. The Hall–Kier alpha value is -2.08. The molecule has 0 aromatic heterocycles. The number of methoxy groups -OCH3 is 1. The van der Waals surface area contributed by atoms with Crippen molar-refractivity contribution in [2.24, 2.45) is 5.92 Å². The summed E-state index contributed by atoms with van der Waals surface area (Å²) in [4.78, 5) is 27.3. The van der Waals surface area contributed by atoms with Gasteiger partial charge in [0.15, 0.2) is 0 Å². The number of carboxylic acid groups (broad SMARTS) is 1. The van der Waals surface area contributed by atoms with E-state index < -0.39 is 5.97 Å². The Morgan fingerprint density at radius 1 is 1.36 bits per heavy atom. The zero-order valence-electron chi connectivity index (χ0n) is 15.3. The molecule has 0 saturated carbocycles. The molecule has 2 rings (SSSR count). The maximum atomic E-state index is 12.4. The molecule has 6 nitrogen and oxygen atoms in total. The number of amides is 1. The molecule has 1 aliphatic heterocycles. The molecule has 25 heavy (non-hydrogen) atoms. The van der Waals surface area contributed by atoms with Crippen molar-refractivity contribution in [1.82, 2.24) is 9.80 Å². The Morgan fingerprint density at radius 2 is 2.04 bits per heavy atom. The van der Waals surface area contributed by atoms with Gasteiger partial charge < -0.3 is 14.7 Å². The van der Waals surface area contributed by atoms with Gasteiger partial charge in [-0.2, -0.15) is 0 Å². The van der Waals surface area contributed by atoms with Gasteiger partial charge in [-0.1, -0.05) is 12.1 Å². The SMILES string of the molecule is COc1cccc(C(C)N(C)CCC(=O)N2CCC(C(=O)O)CC2)c1. The largest absolute Gasteiger partial charge is 0.497 e. The minimum Gasteiger partial charge on any atom is -0.497 e. The fourth-order valence-corrected chi connectivity index (χ4v) is 3.16. The van der Waals surface area contributed by atoms with Gasteiger partial charge in [-0.25, -0.2) is 0 Å². The minimum absolute atomic E-state index is 0.105. The summed E-state index contributed by atoms with van der Waals surface area (Å²) in [5, 5.41) is 9.03. The molecule has 1 fully saturated rings. The van der Waals surface area contributed by atoms with E-state index in [1.165, 1.54) is 0 Å². The van der Waals surface area contributed by atoms with Gasteiger partial charge in [0.05, 0.1) is 13.0 Å². The fourth-order valence-electron chi connectivity index (χ4n) is 3.16. The topological polar surface area (TPSA) is 70.1 Å². The highest BCUT2D eigenvalue weighted by atomic mass is 16.5. The number of carbonyl (C=O) groups excluding carboxylic acids is 1. The van der Waals surface area contributed by atoms with E-state index in [0.717, 1.165) is 11.3 Å². The van der Waals surface area contributed by atoms with Crippen molar-refractivity contribution >= 4 is 11.9 Å². The minimum atomic E-state index is -0.751. The van der Waals surface area contributed by atoms with Crippen LogP contribution in [0.25, 0.3) is 0 Å². The Morgan fingerprint density at radius 3 is 2.64 bits per heavy atom. The molecule has 1 atom stereocenters. The van der Waals surface area contributed by atoms with Crippen molar-refractivity contribution < 1.29 is 19.4 Å². The number of benzene rings is 1. The molecule has 1 saturated heterocycles. The van der Waals surface area contributed by atoms with Gasteiger partial charge in [0.25, 0.3) is 0 Å². The molecule has 1 aromatic rings. The smallest absolute Gasteiger partial charge is 0.306 e. The summed E-state index contributed by atoms with van der Waals surface area (Å²) in [5.41, 5.74) is 1.15. The molecule has 138 valence electrons. The van der Waals surface area contributed by atoms with Crippen LogP contribution in [-0.2, 0) is 9.59 Å². The van der Waals surface area contributed by atoms with Gasteiger partial charge in [0, 0.05) is 32.1 Å². The second-order valence-corrected chi connectivity index (χ2v) is 6.68. The third-order valence-electron chi connectivity index (χ3n) is 5.11. The molecule has 1 aliphatic rings. The van der Waals surface area contributed by atoms with Crippen LogP contribution in [0, 0.1) is 5.92 Å². The van der Waals surface area contributed by atoms with Crippen molar-refractivity contribution in [3.63, 3.8) is 0 Å². The summed E-state index contributed by atoms with van der Waals surface area (Å²) in [5.74, 6) is -0.123. The average molecular weight is 348 g/mol. The normalized spacial score (nSPS) is 16.7. The first-order valence-electron chi connectivity index (χ1n) is 8.77. The third-order valence-corrected chi connectivity index (χ3v) is 5.11. The second-order valence-electron chi connectivity index (χ2n) is 6.68. The van der Waals surface area contributed by atoms with Crippen LogP contribution in [0.4, 0.5) is 0 Å². The Bertz CT molecular complexity index is 597. The van der Waals surface area contributed by atoms with Crippen LogP contribution in [-0.4, -0.2) is 60.6 Å². The highest BCUT2D eigenvalue weighted by Crippen LogP contribution is 2.23. The van der Waals surface area contributed by atoms with Crippen LogP contribution in [0.5, 0.6) is 5.75 Å². The Balaban J connectivity index is 1.81. The van der Waals surface area contributed by atoms with E-state index in [0.29, 0.717) is 38.9 Å². The number of carbonyl (C=O) groups is 2. The standard InChI is InChI=1S/C19H28N2O4/c1-14(16-5-4-6-17(13-16)25-3)20(2)10-9-18(22)21-11-7-15(8-12-21)19(23)24/h4-6,13-15H,7-12H2,1-3H3,(H,23,24). The van der Waals surface area contributed by atoms with Gasteiger partial charge in [-0.15, -0.1) is 0 Å². The van der Waals surface area contributed by atoms with Gasteiger partial charge in [-0.3, -0.25) is 14.5 Å². The predicted molar refractivity (Wildman–Crippen MR) is 95.6 cm³/mol. The number of likely N-dealkylation sites (tertiary alicyclic amines) is 1. The van der Waals surface area contributed by atoms with E-state index in [4.69, 9.17) is 9.84 Å². The van der Waals surface area contributed by atoms with Crippen molar-refractivity contribution in [2.75, 3.05) is 33.8 Å². The van der Waals surface area contributed by atoms with Crippen LogP contribution in [0.15, 0.2) is 24.3 Å². The number of nitrogens with zero attached hydrogens (tertiary/aromatic N) is 2. The van der Waals surface area contributed by atoms with E-state index in [1.54, 1.807) is 12.0 Å². The second kappa shape index (κ2) is 8.85. The van der Waals surface area contributed by atoms with E-state index in [2.05, 4.69) is 17.9 Å². The molecule has 6 heteroatoms. The molecule has 1 N–H and O–H groups in total. The summed E-state index contributed by atoms with van der Waals surface area (Å²) < 4.78 is 5.27. The molecule has 1 aromatic carbocycles. The summed E-state index contributed by atoms with van der Waals surface area (Å²) in [7, 11) is 3.66.